The highest BCUT2D eigenvalue weighted by molar-refractivity contribution is 7.80. The van der Waals surface area contributed by atoms with Gasteiger partial charge in [-0.15, -0.1) is 0 Å². The summed E-state index contributed by atoms with van der Waals surface area (Å²) < 4.78 is 11.3. The minimum atomic E-state index is 0.0236. The standard InChI is InChI=1S/C25H35N3O3S/c1-17-15-22(21(30-6)16-19(17)11-12-28(5)13-14-29)31-24(32)27-23(26)18-7-9-20(10-8-18)25(2,3)4/h7-10,15-16,29H,11-14H2,1-6H3,(H2,26,27,32). The van der Waals surface area contributed by atoms with E-state index >= 15 is 0 Å². The van der Waals surface area contributed by atoms with E-state index in [9.17, 15) is 0 Å². The fraction of sp³-hybridized carbons (Fsp3) is 0.440. The lowest BCUT2D eigenvalue weighted by Crippen LogP contribution is -2.24. The van der Waals surface area contributed by atoms with Gasteiger partial charge in [0.1, 0.15) is 5.84 Å². The molecule has 0 radical (unpaired) electrons. The highest BCUT2D eigenvalue weighted by atomic mass is 32.1. The number of hydrogen-bond donors (Lipinski definition) is 2. The van der Waals surface area contributed by atoms with Crippen LogP contribution in [0.25, 0.3) is 0 Å². The van der Waals surface area contributed by atoms with E-state index in [1.165, 1.54) is 5.56 Å². The molecule has 0 saturated carbocycles. The molecule has 2 rings (SSSR count). The van der Waals surface area contributed by atoms with Crippen molar-refractivity contribution < 1.29 is 14.6 Å². The molecule has 6 nitrogen and oxygen atoms in total. The molecule has 0 saturated heterocycles. The van der Waals surface area contributed by atoms with Gasteiger partial charge < -0.3 is 25.2 Å². The zero-order valence-electron chi connectivity index (χ0n) is 19.9. The molecule has 0 heterocycles. The number of aryl methyl sites for hydroxylation is 1. The Morgan fingerprint density at radius 2 is 1.78 bits per heavy atom. The Morgan fingerprint density at radius 3 is 2.34 bits per heavy atom. The maximum atomic E-state index is 9.06. The van der Waals surface area contributed by atoms with Gasteiger partial charge in [0.15, 0.2) is 11.5 Å². The first-order valence-electron chi connectivity index (χ1n) is 10.7. The van der Waals surface area contributed by atoms with Crippen LogP contribution in [0, 0.1) is 6.92 Å². The maximum Gasteiger partial charge on any atom is 0.291 e. The summed E-state index contributed by atoms with van der Waals surface area (Å²) in [5.41, 5.74) is 10.4. The number of rotatable bonds is 8. The van der Waals surface area contributed by atoms with Gasteiger partial charge in [-0.05, 0) is 66.8 Å². The molecule has 2 aromatic rings. The van der Waals surface area contributed by atoms with Crippen LogP contribution >= 0.6 is 12.2 Å². The van der Waals surface area contributed by atoms with Crippen LogP contribution in [0.2, 0.25) is 0 Å². The predicted molar refractivity (Wildman–Crippen MR) is 135 cm³/mol. The Kier molecular flexibility index (Phi) is 9.19. The van der Waals surface area contributed by atoms with Gasteiger partial charge in [0, 0.05) is 18.7 Å². The van der Waals surface area contributed by atoms with E-state index in [-0.39, 0.29) is 17.2 Å². The Morgan fingerprint density at radius 1 is 1.12 bits per heavy atom. The first-order valence-corrected chi connectivity index (χ1v) is 11.1. The summed E-state index contributed by atoms with van der Waals surface area (Å²) >= 11 is 5.32. The second kappa shape index (κ2) is 11.4. The number of amidine groups is 1. The molecule has 32 heavy (non-hydrogen) atoms. The second-order valence-electron chi connectivity index (χ2n) is 8.90. The molecule has 0 amide bonds. The lowest BCUT2D eigenvalue weighted by atomic mass is 9.87. The smallest absolute Gasteiger partial charge is 0.291 e. The number of methoxy groups -OCH3 is 1. The van der Waals surface area contributed by atoms with Gasteiger partial charge in [-0.2, -0.15) is 4.99 Å². The minimum absolute atomic E-state index is 0.0236. The summed E-state index contributed by atoms with van der Waals surface area (Å²) in [6.45, 7) is 10.1. The van der Waals surface area contributed by atoms with Gasteiger partial charge in [-0.25, -0.2) is 0 Å². The van der Waals surface area contributed by atoms with E-state index in [1.54, 1.807) is 7.11 Å². The Hall–Kier alpha value is -2.48. The molecule has 0 unspecified atom stereocenters. The molecular formula is C25H35N3O3S. The van der Waals surface area contributed by atoms with E-state index < -0.39 is 0 Å². The Labute approximate surface area is 197 Å². The number of likely N-dealkylation sites (N-methyl/N-ethyl adjacent to an activating group) is 1. The quantitative estimate of drug-likeness (QED) is 0.356. The van der Waals surface area contributed by atoms with Crippen LogP contribution in [0.5, 0.6) is 11.5 Å². The van der Waals surface area contributed by atoms with E-state index in [0.717, 1.165) is 29.7 Å². The zero-order valence-corrected chi connectivity index (χ0v) is 20.8. The molecule has 174 valence electrons. The number of ether oxygens (including phenoxy) is 2. The van der Waals surface area contributed by atoms with Crippen molar-refractivity contribution in [2.24, 2.45) is 10.7 Å². The van der Waals surface area contributed by atoms with Gasteiger partial charge in [0.2, 0.25) is 0 Å². The summed E-state index contributed by atoms with van der Waals surface area (Å²) in [6, 6.07) is 11.8. The fourth-order valence-corrected chi connectivity index (χ4v) is 3.42. The van der Waals surface area contributed by atoms with Crippen molar-refractivity contribution in [2.75, 3.05) is 33.9 Å². The summed E-state index contributed by atoms with van der Waals surface area (Å²) in [4.78, 5) is 6.34. The summed E-state index contributed by atoms with van der Waals surface area (Å²) in [5.74, 6) is 1.39. The Bertz CT molecular complexity index is 950. The third-order valence-corrected chi connectivity index (χ3v) is 5.50. The third-order valence-electron chi connectivity index (χ3n) is 5.32. The number of nitrogens with zero attached hydrogens (tertiary/aromatic N) is 2. The average molecular weight is 458 g/mol. The molecule has 7 heteroatoms. The highest BCUT2D eigenvalue weighted by Crippen LogP contribution is 2.31. The largest absolute Gasteiger partial charge is 0.493 e. The molecule has 0 aliphatic rings. The van der Waals surface area contributed by atoms with Crippen molar-refractivity contribution in [3.8, 4) is 11.5 Å². The second-order valence-corrected chi connectivity index (χ2v) is 9.25. The maximum absolute atomic E-state index is 9.06. The van der Waals surface area contributed by atoms with Crippen LogP contribution < -0.4 is 15.2 Å². The highest BCUT2D eigenvalue weighted by Gasteiger charge is 2.15. The zero-order chi connectivity index (χ0) is 23.9. The van der Waals surface area contributed by atoms with E-state index in [0.29, 0.717) is 23.9 Å². The molecule has 0 atom stereocenters. The number of benzene rings is 2. The SMILES string of the molecule is COc1cc(CCN(C)CCO)c(C)cc1OC(=S)N=C(N)c1ccc(C(C)(C)C)cc1. The van der Waals surface area contributed by atoms with Crippen molar-refractivity contribution in [1.29, 1.82) is 0 Å². The molecule has 0 bridgehead atoms. The first kappa shape index (κ1) is 25.8. The lowest BCUT2D eigenvalue weighted by Gasteiger charge is -2.19. The number of aliphatic hydroxyl groups is 1. The lowest BCUT2D eigenvalue weighted by molar-refractivity contribution is 0.223. The molecule has 0 aromatic heterocycles. The number of hydrogen-bond acceptors (Lipinski definition) is 5. The molecule has 0 spiro atoms. The van der Waals surface area contributed by atoms with Crippen LogP contribution in [-0.2, 0) is 11.8 Å². The van der Waals surface area contributed by atoms with Crippen LogP contribution in [0.1, 0.15) is 43.0 Å². The van der Waals surface area contributed by atoms with Crippen LogP contribution in [0.4, 0.5) is 0 Å². The van der Waals surface area contributed by atoms with Crippen molar-refractivity contribution in [1.82, 2.24) is 4.90 Å². The molecule has 2 aromatic carbocycles. The van der Waals surface area contributed by atoms with Crippen LogP contribution in [0.3, 0.4) is 0 Å². The van der Waals surface area contributed by atoms with E-state index in [1.807, 2.05) is 50.4 Å². The summed E-state index contributed by atoms with van der Waals surface area (Å²) in [5, 5.41) is 9.08. The predicted octanol–water partition coefficient (Wildman–Crippen LogP) is 3.84. The summed E-state index contributed by atoms with van der Waals surface area (Å²) in [6.07, 6.45) is 0.832. The van der Waals surface area contributed by atoms with Gasteiger partial charge in [-0.3, -0.25) is 0 Å². The number of nitrogens with two attached hydrogens (primary N) is 1. The fourth-order valence-electron chi connectivity index (χ4n) is 3.23. The van der Waals surface area contributed by atoms with Gasteiger partial charge >= 0.3 is 0 Å². The molecule has 0 aliphatic heterocycles. The third kappa shape index (κ3) is 7.29. The molecular weight excluding hydrogens is 422 g/mol. The Balaban J connectivity index is 2.13. The van der Waals surface area contributed by atoms with Crippen molar-refractivity contribution >= 4 is 23.2 Å². The van der Waals surface area contributed by atoms with Gasteiger partial charge in [0.05, 0.1) is 13.7 Å². The summed E-state index contributed by atoms with van der Waals surface area (Å²) in [7, 11) is 3.58. The van der Waals surface area contributed by atoms with Crippen molar-refractivity contribution in [3.63, 3.8) is 0 Å². The van der Waals surface area contributed by atoms with E-state index in [4.69, 9.17) is 32.5 Å². The number of thiocarbonyl (C=S) groups is 1. The van der Waals surface area contributed by atoms with Crippen LogP contribution in [-0.4, -0.2) is 54.9 Å². The van der Waals surface area contributed by atoms with Crippen LogP contribution in [0.15, 0.2) is 41.4 Å². The average Bonchev–Trinajstić information content (AvgIpc) is 2.72. The normalized spacial score (nSPS) is 12.2. The van der Waals surface area contributed by atoms with Crippen molar-refractivity contribution in [3.05, 3.63) is 58.7 Å². The molecule has 0 aliphatic carbocycles. The first-order chi connectivity index (χ1) is 15.0. The van der Waals surface area contributed by atoms with Crippen molar-refractivity contribution in [2.45, 2.75) is 39.5 Å². The topological polar surface area (TPSA) is 80.3 Å². The number of aliphatic hydroxyl groups excluding tert-OH is 1. The van der Waals surface area contributed by atoms with Gasteiger partial charge in [-0.1, -0.05) is 45.0 Å². The number of aliphatic imine (C=N–C) groups is 1. The molecule has 3 N–H and O–H groups in total. The monoisotopic (exact) mass is 457 g/mol. The minimum Gasteiger partial charge on any atom is -0.493 e. The van der Waals surface area contributed by atoms with Gasteiger partial charge in [0.25, 0.3) is 5.17 Å². The van der Waals surface area contributed by atoms with E-state index in [2.05, 4.69) is 30.7 Å². The molecule has 0 fully saturated rings.